The predicted octanol–water partition coefficient (Wildman–Crippen LogP) is 4.00. The molecule has 0 aliphatic rings. The molecule has 6 nitrogen and oxygen atoms in total. The van der Waals surface area contributed by atoms with Crippen LogP contribution in [0, 0.1) is 10.1 Å². The number of halogens is 1. The van der Waals surface area contributed by atoms with Crippen LogP contribution in [0.25, 0.3) is 0 Å². The molecule has 0 aromatic heterocycles. The van der Waals surface area contributed by atoms with E-state index in [0.717, 1.165) is 0 Å². The maximum atomic E-state index is 11.8. The van der Waals surface area contributed by atoms with Crippen LogP contribution in [0.15, 0.2) is 48.5 Å². The fourth-order valence-corrected chi connectivity index (χ4v) is 2.62. The smallest absolute Gasteiger partial charge is 0.271 e. The van der Waals surface area contributed by atoms with Crippen molar-refractivity contribution in [1.82, 2.24) is 0 Å². The number of nitro benzene ring substituents is 1. The van der Waals surface area contributed by atoms with Crippen molar-refractivity contribution in [3.8, 4) is 5.75 Å². The minimum atomic E-state index is -0.504. The molecule has 2 aromatic carbocycles. The van der Waals surface area contributed by atoms with Crippen LogP contribution in [0.2, 0.25) is 5.02 Å². The minimum absolute atomic E-state index is 0.0615. The first-order valence-electron chi connectivity index (χ1n) is 7.05. The summed E-state index contributed by atoms with van der Waals surface area (Å²) in [6.07, 6.45) is 0. The molecule has 0 saturated carbocycles. The Balaban J connectivity index is 1.69. The van der Waals surface area contributed by atoms with Gasteiger partial charge in [-0.2, -0.15) is 0 Å². The highest BCUT2D eigenvalue weighted by Crippen LogP contribution is 2.23. The lowest BCUT2D eigenvalue weighted by atomic mass is 10.3. The average molecular weight is 367 g/mol. The molecular formula is C16H15ClN2O4S. The van der Waals surface area contributed by atoms with Gasteiger partial charge in [-0.3, -0.25) is 14.9 Å². The topological polar surface area (TPSA) is 81.5 Å². The van der Waals surface area contributed by atoms with Gasteiger partial charge in [-0.1, -0.05) is 29.8 Å². The third-order valence-corrected chi connectivity index (χ3v) is 4.13. The molecule has 1 amide bonds. The number of hydrogen-bond donors (Lipinski definition) is 1. The summed E-state index contributed by atoms with van der Waals surface area (Å²) in [5, 5.41) is 13.9. The van der Waals surface area contributed by atoms with Crippen LogP contribution in [-0.4, -0.2) is 28.9 Å². The number of nitrogens with zero attached hydrogens (tertiary/aromatic N) is 1. The van der Waals surface area contributed by atoms with E-state index in [-0.39, 0.29) is 17.3 Å². The van der Waals surface area contributed by atoms with Crippen LogP contribution in [0.1, 0.15) is 0 Å². The summed E-state index contributed by atoms with van der Waals surface area (Å²) in [7, 11) is 0. The lowest BCUT2D eigenvalue weighted by Gasteiger charge is -2.08. The molecule has 0 bridgehead atoms. The number of amides is 1. The molecule has 0 radical (unpaired) electrons. The van der Waals surface area contributed by atoms with Gasteiger partial charge in [0.1, 0.15) is 5.75 Å². The Hall–Kier alpha value is -2.25. The third-order valence-electron chi connectivity index (χ3n) is 2.90. The first kappa shape index (κ1) is 18.1. The molecule has 0 fully saturated rings. The monoisotopic (exact) mass is 366 g/mol. The molecule has 126 valence electrons. The number of para-hydroxylation sites is 1. The standard InChI is InChI=1S/C16H15ClN2O4S/c17-14-6-1-2-7-15(14)23-8-9-24-11-16(20)18-12-4-3-5-13(10-12)19(21)22/h1-7,10H,8-9,11H2,(H,18,20). The molecule has 1 N–H and O–H groups in total. The molecular weight excluding hydrogens is 352 g/mol. The molecule has 0 aliphatic heterocycles. The van der Waals surface area contributed by atoms with E-state index in [1.54, 1.807) is 18.2 Å². The molecule has 8 heteroatoms. The van der Waals surface area contributed by atoms with Gasteiger partial charge in [-0.25, -0.2) is 0 Å². The number of carbonyl (C=O) groups excluding carboxylic acids is 1. The van der Waals surface area contributed by atoms with E-state index in [2.05, 4.69) is 5.32 Å². The normalized spacial score (nSPS) is 10.2. The summed E-state index contributed by atoms with van der Waals surface area (Å²) >= 11 is 7.37. The Morgan fingerprint density at radius 3 is 2.79 bits per heavy atom. The highest BCUT2D eigenvalue weighted by molar-refractivity contribution is 7.99. The molecule has 2 rings (SSSR count). The fourth-order valence-electron chi connectivity index (χ4n) is 1.83. The molecule has 24 heavy (non-hydrogen) atoms. The molecule has 0 spiro atoms. The number of hydrogen-bond acceptors (Lipinski definition) is 5. The quantitative estimate of drug-likeness (QED) is 0.434. The number of ether oxygens (including phenoxy) is 1. The number of benzene rings is 2. The van der Waals surface area contributed by atoms with Crippen LogP contribution in [0.5, 0.6) is 5.75 Å². The van der Waals surface area contributed by atoms with Crippen molar-refractivity contribution in [2.75, 3.05) is 23.4 Å². The van der Waals surface area contributed by atoms with Gasteiger partial charge in [-0.05, 0) is 18.2 Å². The van der Waals surface area contributed by atoms with Gasteiger partial charge in [0.15, 0.2) is 0 Å². The van der Waals surface area contributed by atoms with Crippen molar-refractivity contribution >= 4 is 40.6 Å². The highest BCUT2D eigenvalue weighted by atomic mass is 35.5. The Bertz CT molecular complexity index is 727. The van der Waals surface area contributed by atoms with Crippen molar-refractivity contribution in [3.05, 3.63) is 63.7 Å². The Morgan fingerprint density at radius 1 is 1.25 bits per heavy atom. The Morgan fingerprint density at radius 2 is 2.04 bits per heavy atom. The number of nitro groups is 1. The lowest BCUT2D eigenvalue weighted by Crippen LogP contribution is -2.15. The van der Waals surface area contributed by atoms with Crippen LogP contribution in [-0.2, 0) is 4.79 Å². The van der Waals surface area contributed by atoms with Gasteiger partial charge in [0.25, 0.3) is 5.69 Å². The summed E-state index contributed by atoms with van der Waals surface area (Å²) in [5.74, 6) is 1.24. The second-order valence-corrected chi connectivity index (χ2v) is 6.20. The van der Waals surface area contributed by atoms with E-state index in [1.807, 2.05) is 12.1 Å². The number of rotatable bonds is 8. The largest absolute Gasteiger partial charge is 0.491 e. The van der Waals surface area contributed by atoms with E-state index in [1.165, 1.54) is 30.0 Å². The Labute approximate surface area is 148 Å². The van der Waals surface area contributed by atoms with E-state index in [4.69, 9.17) is 16.3 Å². The zero-order chi connectivity index (χ0) is 17.4. The maximum absolute atomic E-state index is 11.8. The molecule has 0 atom stereocenters. The summed E-state index contributed by atoms with van der Waals surface area (Å²) in [6.45, 7) is 0.429. The van der Waals surface area contributed by atoms with Gasteiger partial charge in [-0.15, -0.1) is 11.8 Å². The molecule has 0 aliphatic carbocycles. The van der Waals surface area contributed by atoms with E-state index >= 15 is 0 Å². The SMILES string of the molecule is O=C(CSCCOc1ccccc1Cl)Nc1cccc([N+](=O)[O-])c1. The summed E-state index contributed by atoms with van der Waals surface area (Å²) in [6, 6.07) is 13.0. The van der Waals surface area contributed by atoms with Crippen LogP contribution in [0.3, 0.4) is 0 Å². The third kappa shape index (κ3) is 5.75. The molecule has 0 saturated heterocycles. The first-order valence-corrected chi connectivity index (χ1v) is 8.59. The zero-order valence-electron chi connectivity index (χ0n) is 12.6. The van der Waals surface area contributed by atoms with Crippen molar-refractivity contribution in [1.29, 1.82) is 0 Å². The predicted molar refractivity (Wildman–Crippen MR) is 96.0 cm³/mol. The highest BCUT2D eigenvalue weighted by Gasteiger charge is 2.08. The molecule has 0 heterocycles. The average Bonchev–Trinajstić information content (AvgIpc) is 2.56. The van der Waals surface area contributed by atoms with E-state index in [0.29, 0.717) is 28.8 Å². The van der Waals surface area contributed by atoms with Gasteiger partial charge in [0, 0.05) is 23.6 Å². The second-order valence-electron chi connectivity index (χ2n) is 4.69. The molecule has 0 unspecified atom stereocenters. The summed E-state index contributed by atoms with van der Waals surface area (Å²) in [4.78, 5) is 22.0. The maximum Gasteiger partial charge on any atom is 0.271 e. The number of thioether (sulfide) groups is 1. The van der Waals surface area contributed by atoms with Gasteiger partial charge in [0.2, 0.25) is 5.91 Å². The zero-order valence-corrected chi connectivity index (χ0v) is 14.2. The summed E-state index contributed by atoms with van der Waals surface area (Å²) < 4.78 is 5.52. The van der Waals surface area contributed by atoms with Crippen LogP contribution < -0.4 is 10.1 Å². The molecule has 2 aromatic rings. The number of nitrogens with one attached hydrogen (secondary N) is 1. The second kappa shape index (κ2) is 9.14. The van der Waals surface area contributed by atoms with Crippen molar-refractivity contribution in [3.63, 3.8) is 0 Å². The Kier molecular flexibility index (Phi) is 6.89. The van der Waals surface area contributed by atoms with Crippen molar-refractivity contribution < 1.29 is 14.5 Å². The van der Waals surface area contributed by atoms with Gasteiger partial charge < -0.3 is 10.1 Å². The fraction of sp³-hybridized carbons (Fsp3) is 0.188. The minimum Gasteiger partial charge on any atom is -0.491 e. The number of non-ortho nitro benzene ring substituents is 1. The van der Waals surface area contributed by atoms with Gasteiger partial charge >= 0.3 is 0 Å². The van der Waals surface area contributed by atoms with Crippen LogP contribution in [0.4, 0.5) is 11.4 Å². The van der Waals surface area contributed by atoms with Gasteiger partial charge in [0.05, 0.1) is 22.3 Å². The van der Waals surface area contributed by atoms with E-state index in [9.17, 15) is 14.9 Å². The van der Waals surface area contributed by atoms with E-state index < -0.39 is 4.92 Å². The first-order chi connectivity index (χ1) is 11.6. The van der Waals surface area contributed by atoms with Crippen LogP contribution >= 0.6 is 23.4 Å². The lowest BCUT2D eigenvalue weighted by molar-refractivity contribution is -0.384. The number of carbonyl (C=O) groups is 1. The summed E-state index contributed by atoms with van der Waals surface area (Å²) in [5.41, 5.74) is 0.343. The van der Waals surface area contributed by atoms with Crippen molar-refractivity contribution in [2.24, 2.45) is 0 Å². The number of anilines is 1. The van der Waals surface area contributed by atoms with Crippen molar-refractivity contribution in [2.45, 2.75) is 0 Å².